The largest absolute Gasteiger partial charge is 0.372 e. The number of fused-ring (bicyclic) bond motifs is 1. The van der Waals surface area contributed by atoms with Gasteiger partial charge < -0.3 is 5.32 Å². The van der Waals surface area contributed by atoms with Crippen LogP contribution in [0.1, 0.15) is 19.3 Å². The molecule has 19 heavy (non-hydrogen) atoms. The second-order valence-corrected chi connectivity index (χ2v) is 7.28. The van der Waals surface area contributed by atoms with Gasteiger partial charge in [0.25, 0.3) is 0 Å². The van der Waals surface area contributed by atoms with Crippen molar-refractivity contribution in [1.29, 1.82) is 0 Å². The molecule has 0 aromatic carbocycles. The lowest BCUT2D eigenvalue weighted by molar-refractivity contribution is 0.445. The molecule has 1 N–H and O–H groups in total. The van der Waals surface area contributed by atoms with Gasteiger partial charge in [-0.05, 0) is 36.8 Å². The van der Waals surface area contributed by atoms with Gasteiger partial charge >= 0.3 is 0 Å². The van der Waals surface area contributed by atoms with E-state index in [1.54, 1.807) is 29.7 Å². The van der Waals surface area contributed by atoms with Gasteiger partial charge in [-0.25, -0.2) is 13.4 Å². The lowest BCUT2D eigenvalue weighted by Crippen LogP contribution is -2.30. The normalized spacial score (nSPS) is 27.4. The third-order valence-electron chi connectivity index (χ3n) is 4.32. The summed E-state index contributed by atoms with van der Waals surface area (Å²) in [6.45, 7) is 1.34. The van der Waals surface area contributed by atoms with Crippen LogP contribution < -0.4 is 5.32 Å². The van der Waals surface area contributed by atoms with E-state index in [-0.39, 0.29) is 4.90 Å². The van der Waals surface area contributed by atoms with Crippen LogP contribution in [0.15, 0.2) is 23.2 Å². The predicted octanol–water partition coefficient (Wildman–Crippen LogP) is 1.54. The number of nitrogens with one attached hydrogen (secondary N) is 1. The van der Waals surface area contributed by atoms with E-state index < -0.39 is 10.0 Å². The molecule has 1 saturated heterocycles. The van der Waals surface area contributed by atoms with Gasteiger partial charge in [-0.1, -0.05) is 6.42 Å². The monoisotopic (exact) mass is 281 g/mol. The van der Waals surface area contributed by atoms with Crippen LogP contribution in [0.25, 0.3) is 0 Å². The number of rotatable bonds is 3. The van der Waals surface area contributed by atoms with Gasteiger partial charge in [-0.2, -0.15) is 4.31 Å². The van der Waals surface area contributed by atoms with E-state index in [9.17, 15) is 8.42 Å². The van der Waals surface area contributed by atoms with Crippen molar-refractivity contribution < 1.29 is 8.42 Å². The van der Waals surface area contributed by atoms with E-state index in [1.165, 1.54) is 19.3 Å². The fourth-order valence-electron chi connectivity index (χ4n) is 3.31. The van der Waals surface area contributed by atoms with Crippen molar-refractivity contribution >= 4 is 15.8 Å². The van der Waals surface area contributed by atoms with Crippen LogP contribution >= 0.6 is 0 Å². The Morgan fingerprint density at radius 1 is 1.32 bits per heavy atom. The standard InChI is InChI=1S/C13H19N3O2S/c1-14-13-12(6-3-7-15-13)19(17,18)16-8-10-4-2-5-11(10)9-16/h3,6-7,10-11H,2,4-5,8-9H2,1H3,(H,14,15). The zero-order valence-corrected chi connectivity index (χ0v) is 11.9. The molecule has 0 bridgehead atoms. The number of nitrogens with zero attached hydrogens (tertiary/aromatic N) is 2. The fraction of sp³-hybridized carbons (Fsp3) is 0.615. The van der Waals surface area contributed by atoms with E-state index in [1.807, 2.05) is 0 Å². The first-order valence-electron chi connectivity index (χ1n) is 6.76. The SMILES string of the molecule is CNc1ncccc1S(=O)(=O)N1CC2CCCC2C1. The Bertz CT molecular complexity index is 561. The molecule has 1 aliphatic carbocycles. The molecular formula is C13H19N3O2S. The van der Waals surface area contributed by atoms with Crippen molar-refractivity contribution in [3.8, 4) is 0 Å². The summed E-state index contributed by atoms with van der Waals surface area (Å²) in [5, 5.41) is 2.86. The molecular weight excluding hydrogens is 262 g/mol. The fourth-order valence-corrected chi connectivity index (χ4v) is 5.02. The summed E-state index contributed by atoms with van der Waals surface area (Å²) in [5.41, 5.74) is 0. The lowest BCUT2D eigenvalue weighted by Gasteiger charge is -2.18. The molecule has 1 aliphatic heterocycles. The van der Waals surface area contributed by atoms with E-state index in [0.29, 0.717) is 30.7 Å². The van der Waals surface area contributed by atoms with Crippen LogP contribution in [-0.4, -0.2) is 37.8 Å². The molecule has 1 aromatic heterocycles. The molecule has 104 valence electrons. The van der Waals surface area contributed by atoms with Gasteiger partial charge in [-0.15, -0.1) is 0 Å². The quantitative estimate of drug-likeness (QED) is 0.913. The molecule has 2 fully saturated rings. The van der Waals surface area contributed by atoms with E-state index >= 15 is 0 Å². The zero-order valence-electron chi connectivity index (χ0n) is 11.0. The molecule has 2 unspecified atom stereocenters. The Balaban J connectivity index is 1.91. The highest BCUT2D eigenvalue weighted by atomic mass is 32.2. The lowest BCUT2D eigenvalue weighted by atomic mass is 10.0. The molecule has 5 nitrogen and oxygen atoms in total. The summed E-state index contributed by atoms with van der Waals surface area (Å²) in [4.78, 5) is 4.38. The first kappa shape index (κ1) is 12.9. The Morgan fingerprint density at radius 2 is 2.00 bits per heavy atom. The first-order valence-corrected chi connectivity index (χ1v) is 8.20. The summed E-state index contributed by atoms with van der Waals surface area (Å²) < 4.78 is 27.0. The van der Waals surface area contributed by atoms with Gasteiger partial charge in [0.05, 0.1) is 0 Å². The summed E-state index contributed by atoms with van der Waals surface area (Å²) in [6.07, 6.45) is 5.19. The number of hydrogen-bond donors (Lipinski definition) is 1. The Morgan fingerprint density at radius 3 is 2.63 bits per heavy atom. The summed E-state index contributed by atoms with van der Waals surface area (Å²) in [6, 6.07) is 3.30. The number of pyridine rings is 1. The molecule has 0 spiro atoms. The Kier molecular flexibility index (Phi) is 3.22. The van der Waals surface area contributed by atoms with Gasteiger partial charge in [0.1, 0.15) is 10.7 Å². The maximum Gasteiger partial charge on any atom is 0.246 e. The molecule has 2 heterocycles. The van der Waals surface area contributed by atoms with Crippen LogP contribution in [0.3, 0.4) is 0 Å². The van der Waals surface area contributed by atoms with Crippen LogP contribution in [0.5, 0.6) is 0 Å². The van der Waals surface area contributed by atoms with Crippen molar-refractivity contribution in [2.24, 2.45) is 11.8 Å². The third kappa shape index (κ3) is 2.12. The third-order valence-corrected chi connectivity index (χ3v) is 6.18. The van der Waals surface area contributed by atoms with Crippen LogP contribution in [-0.2, 0) is 10.0 Å². The van der Waals surface area contributed by atoms with Crippen molar-refractivity contribution in [3.63, 3.8) is 0 Å². The van der Waals surface area contributed by atoms with Crippen molar-refractivity contribution in [2.75, 3.05) is 25.5 Å². The maximum absolute atomic E-state index is 12.7. The number of sulfonamides is 1. The second kappa shape index (κ2) is 4.76. The molecule has 2 aliphatic rings. The summed E-state index contributed by atoms with van der Waals surface area (Å²) >= 11 is 0. The van der Waals surface area contributed by atoms with Crippen LogP contribution in [0.4, 0.5) is 5.82 Å². The van der Waals surface area contributed by atoms with Gasteiger partial charge in [0, 0.05) is 26.3 Å². The number of anilines is 1. The molecule has 3 rings (SSSR count). The van der Waals surface area contributed by atoms with E-state index in [2.05, 4.69) is 10.3 Å². The molecule has 2 atom stereocenters. The van der Waals surface area contributed by atoms with Gasteiger partial charge in [0.2, 0.25) is 10.0 Å². The van der Waals surface area contributed by atoms with Crippen molar-refractivity contribution in [1.82, 2.24) is 9.29 Å². The zero-order chi connectivity index (χ0) is 13.5. The smallest absolute Gasteiger partial charge is 0.246 e. The summed E-state index contributed by atoms with van der Waals surface area (Å²) in [7, 11) is -1.72. The van der Waals surface area contributed by atoms with E-state index in [0.717, 1.165) is 0 Å². The minimum Gasteiger partial charge on any atom is -0.372 e. The van der Waals surface area contributed by atoms with Crippen molar-refractivity contribution in [3.05, 3.63) is 18.3 Å². The number of hydrogen-bond acceptors (Lipinski definition) is 4. The molecule has 0 amide bonds. The molecule has 6 heteroatoms. The number of aromatic nitrogens is 1. The minimum absolute atomic E-state index is 0.289. The molecule has 1 aromatic rings. The van der Waals surface area contributed by atoms with Gasteiger partial charge in [-0.3, -0.25) is 0 Å². The highest BCUT2D eigenvalue weighted by molar-refractivity contribution is 7.89. The molecule has 1 saturated carbocycles. The average Bonchev–Trinajstić information content (AvgIpc) is 2.99. The maximum atomic E-state index is 12.7. The Hall–Kier alpha value is -1.14. The average molecular weight is 281 g/mol. The van der Waals surface area contributed by atoms with Crippen LogP contribution in [0.2, 0.25) is 0 Å². The molecule has 0 radical (unpaired) electrons. The summed E-state index contributed by atoms with van der Waals surface area (Å²) in [5.74, 6) is 1.55. The Labute approximate surface area is 114 Å². The highest BCUT2D eigenvalue weighted by Gasteiger charge is 2.42. The van der Waals surface area contributed by atoms with Gasteiger partial charge in [0.15, 0.2) is 0 Å². The topological polar surface area (TPSA) is 62.3 Å². The predicted molar refractivity (Wildman–Crippen MR) is 73.4 cm³/mol. The van der Waals surface area contributed by atoms with Crippen LogP contribution in [0, 0.1) is 11.8 Å². The van der Waals surface area contributed by atoms with E-state index in [4.69, 9.17) is 0 Å². The minimum atomic E-state index is -3.42. The second-order valence-electron chi connectivity index (χ2n) is 5.37. The van der Waals surface area contributed by atoms with Crippen molar-refractivity contribution in [2.45, 2.75) is 24.2 Å². The first-order chi connectivity index (χ1) is 9.13. The highest BCUT2D eigenvalue weighted by Crippen LogP contribution is 2.40.